The number of fused-ring (bicyclic) bond motifs is 1. The normalized spacial score (nSPS) is 20.4. The van der Waals surface area contributed by atoms with E-state index in [4.69, 9.17) is 0 Å². The van der Waals surface area contributed by atoms with Crippen LogP contribution in [0.2, 0.25) is 0 Å². The van der Waals surface area contributed by atoms with Crippen LogP contribution in [0.5, 0.6) is 0 Å². The summed E-state index contributed by atoms with van der Waals surface area (Å²) in [5, 5.41) is 17.8. The fraction of sp³-hybridized carbons (Fsp3) is 0.412. The van der Waals surface area contributed by atoms with Gasteiger partial charge in [-0.15, -0.1) is 0 Å². The Labute approximate surface area is 130 Å². The molecule has 1 aliphatic rings. The van der Waals surface area contributed by atoms with Crippen LogP contribution in [0.1, 0.15) is 30.4 Å². The van der Waals surface area contributed by atoms with E-state index in [9.17, 15) is 9.90 Å². The molecule has 0 fully saturated rings. The molecule has 1 atom stereocenters. The van der Waals surface area contributed by atoms with Crippen molar-refractivity contribution in [2.45, 2.75) is 37.8 Å². The van der Waals surface area contributed by atoms with Gasteiger partial charge in [0, 0.05) is 25.4 Å². The molecule has 116 valence electrons. The minimum Gasteiger partial charge on any atom is -0.383 e. The minimum absolute atomic E-state index is 0.0630. The van der Waals surface area contributed by atoms with Gasteiger partial charge >= 0.3 is 0 Å². The van der Waals surface area contributed by atoms with E-state index in [1.807, 2.05) is 30.5 Å². The third kappa shape index (κ3) is 3.20. The van der Waals surface area contributed by atoms with E-state index in [0.29, 0.717) is 19.4 Å². The SMILES string of the molecule is O=C(CCn1cccn1)NCC1(O)CCCc2ccccc21. The van der Waals surface area contributed by atoms with E-state index >= 15 is 0 Å². The summed E-state index contributed by atoms with van der Waals surface area (Å²) in [4.78, 5) is 12.0. The zero-order chi connectivity index (χ0) is 15.4. The number of carbonyl (C=O) groups is 1. The Morgan fingerprint density at radius 1 is 1.36 bits per heavy atom. The summed E-state index contributed by atoms with van der Waals surface area (Å²) >= 11 is 0. The summed E-state index contributed by atoms with van der Waals surface area (Å²) in [6, 6.07) is 9.78. The van der Waals surface area contributed by atoms with Crippen LogP contribution >= 0.6 is 0 Å². The van der Waals surface area contributed by atoms with Crippen LogP contribution in [0.15, 0.2) is 42.7 Å². The number of aryl methyl sites for hydroxylation is 2. The minimum atomic E-state index is -0.948. The Hall–Kier alpha value is -2.14. The second-order valence-electron chi connectivity index (χ2n) is 5.84. The maximum Gasteiger partial charge on any atom is 0.221 e. The predicted octanol–water partition coefficient (Wildman–Crippen LogP) is 1.61. The quantitative estimate of drug-likeness (QED) is 0.881. The number of nitrogens with zero attached hydrogens (tertiary/aromatic N) is 2. The molecule has 2 N–H and O–H groups in total. The number of carbonyl (C=O) groups excluding carboxylic acids is 1. The highest BCUT2D eigenvalue weighted by molar-refractivity contribution is 5.75. The van der Waals surface area contributed by atoms with Gasteiger partial charge in [-0.25, -0.2) is 0 Å². The van der Waals surface area contributed by atoms with Gasteiger partial charge in [0.2, 0.25) is 5.91 Å². The Morgan fingerprint density at radius 3 is 3.05 bits per heavy atom. The summed E-state index contributed by atoms with van der Waals surface area (Å²) < 4.78 is 1.73. The van der Waals surface area contributed by atoms with Gasteiger partial charge in [-0.05, 0) is 36.5 Å². The van der Waals surface area contributed by atoms with Crippen LogP contribution in [0.25, 0.3) is 0 Å². The Kier molecular flexibility index (Phi) is 4.24. The molecular weight excluding hydrogens is 278 g/mol. The first-order chi connectivity index (χ1) is 10.7. The molecule has 2 aromatic rings. The van der Waals surface area contributed by atoms with E-state index < -0.39 is 5.60 Å². The molecule has 0 aliphatic heterocycles. The zero-order valence-electron chi connectivity index (χ0n) is 12.5. The summed E-state index contributed by atoms with van der Waals surface area (Å²) in [7, 11) is 0. The maximum absolute atomic E-state index is 12.0. The van der Waals surface area contributed by atoms with E-state index in [2.05, 4.69) is 16.5 Å². The molecule has 0 saturated carbocycles. The van der Waals surface area contributed by atoms with Crippen molar-refractivity contribution in [2.24, 2.45) is 0 Å². The molecule has 1 aromatic heterocycles. The maximum atomic E-state index is 12.0. The van der Waals surface area contributed by atoms with Crippen LogP contribution in [0.3, 0.4) is 0 Å². The van der Waals surface area contributed by atoms with Crippen molar-refractivity contribution in [2.75, 3.05) is 6.54 Å². The molecule has 22 heavy (non-hydrogen) atoms. The Balaban J connectivity index is 1.58. The lowest BCUT2D eigenvalue weighted by Gasteiger charge is -2.34. The number of nitrogens with one attached hydrogen (secondary N) is 1. The first-order valence-electron chi connectivity index (χ1n) is 7.72. The van der Waals surface area contributed by atoms with Crippen LogP contribution in [-0.2, 0) is 23.4 Å². The summed E-state index contributed by atoms with van der Waals surface area (Å²) in [5.74, 6) is -0.0630. The van der Waals surface area contributed by atoms with Gasteiger partial charge < -0.3 is 10.4 Å². The monoisotopic (exact) mass is 299 g/mol. The molecule has 3 rings (SSSR count). The van der Waals surface area contributed by atoms with Crippen molar-refractivity contribution in [1.29, 1.82) is 0 Å². The van der Waals surface area contributed by atoms with Crippen LogP contribution in [0, 0.1) is 0 Å². The Bertz CT molecular complexity index is 639. The number of aromatic nitrogens is 2. The van der Waals surface area contributed by atoms with Crippen molar-refractivity contribution in [3.8, 4) is 0 Å². The van der Waals surface area contributed by atoms with E-state index in [1.165, 1.54) is 5.56 Å². The fourth-order valence-electron chi connectivity index (χ4n) is 3.06. The van der Waals surface area contributed by atoms with Crippen molar-refractivity contribution in [1.82, 2.24) is 15.1 Å². The fourth-order valence-corrected chi connectivity index (χ4v) is 3.06. The van der Waals surface area contributed by atoms with Gasteiger partial charge in [0.25, 0.3) is 0 Å². The smallest absolute Gasteiger partial charge is 0.221 e. The van der Waals surface area contributed by atoms with E-state index in [-0.39, 0.29) is 12.5 Å². The van der Waals surface area contributed by atoms with Crippen molar-refractivity contribution >= 4 is 5.91 Å². The Morgan fingerprint density at radius 2 is 2.23 bits per heavy atom. The summed E-state index contributed by atoms with van der Waals surface area (Å²) in [5.41, 5.74) is 1.19. The predicted molar refractivity (Wildman–Crippen MR) is 83.1 cm³/mol. The van der Waals surface area contributed by atoms with E-state index in [0.717, 1.165) is 18.4 Å². The molecule has 1 aromatic carbocycles. The van der Waals surface area contributed by atoms with Gasteiger partial charge in [0.15, 0.2) is 0 Å². The van der Waals surface area contributed by atoms with Crippen molar-refractivity contribution in [3.63, 3.8) is 0 Å². The summed E-state index contributed by atoms with van der Waals surface area (Å²) in [6.45, 7) is 0.815. The van der Waals surface area contributed by atoms with Crippen molar-refractivity contribution in [3.05, 3.63) is 53.9 Å². The highest BCUT2D eigenvalue weighted by atomic mass is 16.3. The van der Waals surface area contributed by atoms with Gasteiger partial charge in [0.05, 0.1) is 6.54 Å². The average molecular weight is 299 g/mol. The molecule has 0 radical (unpaired) electrons. The average Bonchev–Trinajstić information content (AvgIpc) is 3.05. The van der Waals surface area contributed by atoms with Gasteiger partial charge in [-0.2, -0.15) is 5.10 Å². The van der Waals surface area contributed by atoms with E-state index in [1.54, 1.807) is 10.9 Å². The molecule has 1 amide bonds. The first-order valence-corrected chi connectivity index (χ1v) is 7.72. The number of hydrogen-bond acceptors (Lipinski definition) is 3. The van der Waals surface area contributed by atoms with Crippen LogP contribution < -0.4 is 5.32 Å². The second-order valence-corrected chi connectivity index (χ2v) is 5.84. The van der Waals surface area contributed by atoms with Crippen molar-refractivity contribution < 1.29 is 9.90 Å². The highest BCUT2D eigenvalue weighted by Gasteiger charge is 2.34. The lowest BCUT2D eigenvalue weighted by atomic mass is 9.79. The van der Waals surface area contributed by atoms with Gasteiger partial charge in [-0.1, -0.05) is 24.3 Å². The molecule has 0 bridgehead atoms. The van der Waals surface area contributed by atoms with Crippen LogP contribution in [-0.4, -0.2) is 27.3 Å². The number of aliphatic hydroxyl groups is 1. The largest absolute Gasteiger partial charge is 0.383 e. The van der Waals surface area contributed by atoms with Gasteiger partial charge in [0.1, 0.15) is 5.60 Å². The molecule has 1 unspecified atom stereocenters. The standard InChI is InChI=1S/C17H21N3O2/c21-16(8-12-20-11-4-10-19-20)18-13-17(22)9-3-6-14-5-1-2-7-15(14)17/h1-2,4-5,7,10-11,22H,3,6,8-9,12-13H2,(H,18,21). The lowest BCUT2D eigenvalue weighted by Crippen LogP contribution is -2.43. The molecule has 5 nitrogen and oxygen atoms in total. The molecule has 1 heterocycles. The van der Waals surface area contributed by atoms with Gasteiger partial charge in [-0.3, -0.25) is 9.48 Å². The zero-order valence-corrected chi connectivity index (χ0v) is 12.5. The lowest BCUT2D eigenvalue weighted by molar-refractivity contribution is -0.122. The molecule has 5 heteroatoms. The number of rotatable bonds is 5. The second kappa shape index (κ2) is 6.32. The van der Waals surface area contributed by atoms with Crippen LogP contribution in [0.4, 0.5) is 0 Å². The number of hydrogen-bond donors (Lipinski definition) is 2. The molecular formula is C17H21N3O2. The molecule has 0 spiro atoms. The third-order valence-corrected chi connectivity index (χ3v) is 4.26. The first kappa shape index (κ1) is 14.8. The molecule has 0 saturated heterocycles. The third-order valence-electron chi connectivity index (χ3n) is 4.26. The number of amides is 1. The molecule has 1 aliphatic carbocycles. The highest BCUT2D eigenvalue weighted by Crippen LogP contribution is 2.34. The number of benzene rings is 1. The summed E-state index contributed by atoms with van der Waals surface area (Å²) in [6.07, 6.45) is 6.50. The topological polar surface area (TPSA) is 67.2 Å².